The monoisotopic (exact) mass is 378 g/mol. The third-order valence-electron chi connectivity index (χ3n) is 4.51. The van der Waals surface area contributed by atoms with Gasteiger partial charge in [-0.1, -0.05) is 18.2 Å². The number of carbonyl (C=O) groups excluding carboxylic acids is 2. The van der Waals surface area contributed by atoms with Crippen molar-refractivity contribution < 1.29 is 9.59 Å². The zero-order chi connectivity index (χ0) is 17.8. The smallest absolute Gasteiger partial charge is 0.270 e. The number of piperidine rings is 1. The maximum absolute atomic E-state index is 12.8. The number of aromatic nitrogens is 1. The number of nitrogens with zero attached hydrogens (tertiary/aromatic N) is 1. The molecule has 0 bridgehead atoms. The molecule has 0 radical (unpaired) electrons. The van der Waals surface area contributed by atoms with Crippen LogP contribution in [0.3, 0.4) is 0 Å². The second-order valence-electron chi connectivity index (χ2n) is 6.27. The van der Waals surface area contributed by atoms with E-state index in [0.717, 1.165) is 18.2 Å². The Balaban J connectivity index is 0.00000243. The van der Waals surface area contributed by atoms with Gasteiger partial charge in [-0.15, -0.1) is 12.4 Å². The molecule has 4 N–H and O–H groups in total. The molecule has 3 rings (SSSR count). The standard InChI is InChI=1S/C18H22N4O3.ClH/c19-7-8-20-16(23)13-5-3-9-22(11-13)18(25)15-10-12-4-1-2-6-14(12)17(24)21-15;/h1-2,4,6,10,13H,3,5,7-9,11,19H2,(H,20,23)(H,21,24);1H. The highest BCUT2D eigenvalue weighted by atomic mass is 35.5. The maximum Gasteiger partial charge on any atom is 0.270 e. The van der Waals surface area contributed by atoms with Gasteiger partial charge in [0.1, 0.15) is 5.69 Å². The van der Waals surface area contributed by atoms with E-state index in [4.69, 9.17) is 5.73 Å². The van der Waals surface area contributed by atoms with Crippen LogP contribution in [0.1, 0.15) is 23.3 Å². The van der Waals surface area contributed by atoms with Crippen LogP contribution in [0, 0.1) is 5.92 Å². The third-order valence-corrected chi connectivity index (χ3v) is 4.51. The number of H-pyrrole nitrogens is 1. The van der Waals surface area contributed by atoms with Crippen LogP contribution >= 0.6 is 12.4 Å². The molecule has 2 aromatic rings. The largest absolute Gasteiger partial charge is 0.355 e. The number of aromatic amines is 1. The molecule has 1 atom stereocenters. The summed E-state index contributed by atoms with van der Waals surface area (Å²) < 4.78 is 0. The zero-order valence-corrected chi connectivity index (χ0v) is 15.2. The van der Waals surface area contributed by atoms with E-state index in [1.54, 1.807) is 29.2 Å². The van der Waals surface area contributed by atoms with Crippen LogP contribution in [-0.2, 0) is 4.79 Å². The van der Waals surface area contributed by atoms with Gasteiger partial charge in [0, 0.05) is 31.6 Å². The molecule has 140 valence electrons. The van der Waals surface area contributed by atoms with Gasteiger partial charge in [-0.3, -0.25) is 14.4 Å². The molecule has 2 heterocycles. The number of amides is 2. The van der Waals surface area contributed by atoms with Gasteiger partial charge in [-0.2, -0.15) is 0 Å². The first-order valence-corrected chi connectivity index (χ1v) is 8.49. The van der Waals surface area contributed by atoms with Crippen LogP contribution in [0.4, 0.5) is 0 Å². The van der Waals surface area contributed by atoms with Gasteiger partial charge in [-0.05, 0) is 30.4 Å². The van der Waals surface area contributed by atoms with Crippen molar-refractivity contribution in [3.05, 3.63) is 46.4 Å². The van der Waals surface area contributed by atoms with Gasteiger partial charge < -0.3 is 20.9 Å². The van der Waals surface area contributed by atoms with Crippen molar-refractivity contribution in [2.45, 2.75) is 12.8 Å². The average Bonchev–Trinajstić information content (AvgIpc) is 2.65. The molecule has 1 aliphatic rings. The Bertz CT molecular complexity index is 852. The molecule has 0 aliphatic carbocycles. The minimum atomic E-state index is -0.282. The van der Waals surface area contributed by atoms with Crippen LogP contribution in [0.25, 0.3) is 10.8 Å². The summed E-state index contributed by atoms with van der Waals surface area (Å²) >= 11 is 0. The Morgan fingerprint density at radius 1 is 1.31 bits per heavy atom. The number of fused-ring (bicyclic) bond motifs is 1. The molecule has 1 aliphatic heterocycles. The van der Waals surface area contributed by atoms with Gasteiger partial charge >= 0.3 is 0 Å². The first kappa shape index (κ1) is 19.9. The van der Waals surface area contributed by atoms with Crippen LogP contribution in [0.15, 0.2) is 35.1 Å². The lowest BCUT2D eigenvalue weighted by atomic mass is 9.96. The van der Waals surface area contributed by atoms with Crippen LogP contribution in [-0.4, -0.2) is 47.9 Å². The van der Waals surface area contributed by atoms with E-state index in [2.05, 4.69) is 10.3 Å². The van der Waals surface area contributed by atoms with E-state index < -0.39 is 0 Å². The predicted molar refractivity (Wildman–Crippen MR) is 103 cm³/mol. The van der Waals surface area contributed by atoms with Crippen LogP contribution in [0.5, 0.6) is 0 Å². The number of rotatable bonds is 4. The van der Waals surface area contributed by atoms with Crippen molar-refractivity contribution in [2.75, 3.05) is 26.2 Å². The van der Waals surface area contributed by atoms with Crippen molar-refractivity contribution in [1.29, 1.82) is 0 Å². The quantitative estimate of drug-likeness (QED) is 0.733. The molecule has 1 saturated heterocycles. The normalized spacial score (nSPS) is 16.8. The van der Waals surface area contributed by atoms with Crippen LogP contribution < -0.4 is 16.6 Å². The molecule has 8 heteroatoms. The van der Waals surface area contributed by atoms with Crippen molar-refractivity contribution >= 4 is 35.0 Å². The van der Waals surface area contributed by atoms with Crippen molar-refractivity contribution in [2.24, 2.45) is 11.7 Å². The summed E-state index contributed by atoms with van der Waals surface area (Å²) in [4.78, 5) is 41.4. The molecule has 2 amide bonds. The van der Waals surface area contributed by atoms with Gasteiger partial charge in [0.15, 0.2) is 0 Å². The second-order valence-corrected chi connectivity index (χ2v) is 6.27. The fourth-order valence-electron chi connectivity index (χ4n) is 3.21. The summed E-state index contributed by atoms with van der Waals surface area (Å²) in [6.45, 7) is 1.75. The number of hydrogen-bond donors (Lipinski definition) is 3. The molecule has 1 aromatic carbocycles. The number of likely N-dealkylation sites (tertiary alicyclic amines) is 1. The SMILES string of the molecule is Cl.NCCNC(=O)C1CCCN(C(=O)c2cc3ccccc3c(=O)[nH]2)C1. The number of carbonyl (C=O) groups is 2. The number of halogens is 1. The average molecular weight is 379 g/mol. The molecule has 1 fully saturated rings. The maximum atomic E-state index is 12.8. The van der Waals surface area contributed by atoms with E-state index in [1.165, 1.54) is 0 Å². The molecule has 1 aromatic heterocycles. The molecular formula is C18H23ClN4O3. The fourth-order valence-corrected chi connectivity index (χ4v) is 3.21. The van der Waals surface area contributed by atoms with Crippen molar-refractivity contribution in [3.8, 4) is 0 Å². The number of nitrogens with two attached hydrogens (primary N) is 1. The minimum Gasteiger partial charge on any atom is -0.355 e. The van der Waals surface area contributed by atoms with Crippen LogP contribution in [0.2, 0.25) is 0 Å². The van der Waals surface area contributed by atoms with Gasteiger partial charge in [0.05, 0.1) is 5.92 Å². The molecule has 0 spiro atoms. The van der Waals surface area contributed by atoms with E-state index in [-0.39, 0.29) is 41.4 Å². The molecule has 26 heavy (non-hydrogen) atoms. The highest BCUT2D eigenvalue weighted by Crippen LogP contribution is 2.19. The highest BCUT2D eigenvalue weighted by molar-refractivity contribution is 5.96. The van der Waals surface area contributed by atoms with Crippen molar-refractivity contribution in [3.63, 3.8) is 0 Å². The lowest BCUT2D eigenvalue weighted by molar-refractivity contribution is -0.126. The van der Waals surface area contributed by atoms with E-state index in [1.807, 2.05) is 6.07 Å². The number of pyridine rings is 1. The van der Waals surface area contributed by atoms with Gasteiger partial charge in [0.2, 0.25) is 5.91 Å². The fraction of sp³-hybridized carbons (Fsp3) is 0.389. The Kier molecular flexibility index (Phi) is 6.76. The van der Waals surface area contributed by atoms with Crippen molar-refractivity contribution in [1.82, 2.24) is 15.2 Å². The summed E-state index contributed by atoms with van der Waals surface area (Å²) in [5, 5.41) is 4.05. The third kappa shape index (κ3) is 4.23. The Hall–Kier alpha value is -2.38. The first-order valence-electron chi connectivity index (χ1n) is 8.49. The molecule has 1 unspecified atom stereocenters. The summed E-state index contributed by atoms with van der Waals surface area (Å²) in [6, 6.07) is 8.84. The summed E-state index contributed by atoms with van der Waals surface area (Å²) in [5.41, 5.74) is 5.38. The molecule has 0 saturated carbocycles. The van der Waals surface area contributed by atoms with E-state index in [9.17, 15) is 14.4 Å². The topological polar surface area (TPSA) is 108 Å². The molecular weight excluding hydrogens is 356 g/mol. The Morgan fingerprint density at radius 3 is 2.85 bits per heavy atom. The highest BCUT2D eigenvalue weighted by Gasteiger charge is 2.29. The minimum absolute atomic E-state index is 0. The Morgan fingerprint density at radius 2 is 2.08 bits per heavy atom. The lowest BCUT2D eigenvalue weighted by Crippen LogP contribution is -2.46. The molecule has 7 nitrogen and oxygen atoms in total. The lowest BCUT2D eigenvalue weighted by Gasteiger charge is -2.32. The summed E-state index contributed by atoms with van der Waals surface area (Å²) in [5.74, 6) is -0.564. The van der Waals surface area contributed by atoms with Gasteiger partial charge in [-0.25, -0.2) is 0 Å². The number of nitrogens with one attached hydrogen (secondary N) is 2. The van der Waals surface area contributed by atoms with E-state index in [0.29, 0.717) is 31.6 Å². The Labute approximate surface area is 157 Å². The first-order chi connectivity index (χ1) is 12.1. The van der Waals surface area contributed by atoms with E-state index >= 15 is 0 Å². The number of hydrogen-bond acceptors (Lipinski definition) is 4. The second kappa shape index (κ2) is 8.82. The predicted octanol–water partition coefficient (Wildman–Crippen LogP) is 0.877. The zero-order valence-electron chi connectivity index (χ0n) is 14.4. The number of benzene rings is 1. The summed E-state index contributed by atoms with van der Waals surface area (Å²) in [6.07, 6.45) is 1.50. The summed E-state index contributed by atoms with van der Waals surface area (Å²) in [7, 11) is 0. The van der Waals surface area contributed by atoms with Gasteiger partial charge in [0.25, 0.3) is 11.5 Å².